The molecule has 2 aromatic rings. The van der Waals surface area contributed by atoms with Crippen molar-refractivity contribution in [3.05, 3.63) is 41.3 Å². The molecule has 1 aromatic carbocycles. The number of hydrogen-bond acceptors (Lipinski definition) is 6. The van der Waals surface area contributed by atoms with Gasteiger partial charge < -0.3 is 14.2 Å². The van der Waals surface area contributed by atoms with Gasteiger partial charge in [-0.2, -0.15) is 5.26 Å². The highest BCUT2D eigenvalue weighted by molar-refractivity contribution is 5.67. The lowest BCUT2D eigenvalue weighted by Gasteiger charge is -2.35. The van der Waals surface area contributed by atoms with Crippen molar-refractivity contribution in [3.8, 4) is 17.4 Å². The van der Waals surface area contributed by atoms with Gasteiger partial charge in [0.25, 0.3) is 0 Å². The normalized spacial score (nSPS) is 16.0. The molecule has 0 saturated carbocycles. The van der Waals surface area contributed by atoms with E-state index >= 15 is 0 Å². The molecule has 1 aliphatic heterocycles. The van der Waals surface area contributed by atoms with E-state index in [4.69, 9.17) is 9.26 Å². The number of halogens is 1. The zero-order valence-corrected chi connectivity index (χ0v) is 15.3. The average Bonchev–Trinajstić information content (AvgIpc) is 3.14. The van der Waals surface area contributed by atoms with Crippen molar-refractivity contribution < 1.29 is 18.4 Å². The molecule has 0 N–H and O–H groups in total. The second-order valence-electron chi connectivity index (χ2n) is 6.35. The summed E-state index contributed by atoms with van der Waals surface area (Å²) in [6, 6.07) is 7.93. The average molecular weight is 372 g/mol. The summed E-state index contributed by atoms with van der Waals surface area (Å²) in [6.45, 7) is 5.91. The number of carbonyl (C=O) groups excluding carboxylic acids is 1. The van der Waals surface area contributed by atoms with E-state index in [9.17, 15) is 14.4 Å². The van der Waals surface area contributed by atoms with Crippen LogP contribution in [0.25, 0.3) is 11.3 Å². The van der Waals surface area contributed by atoms with E-state index in [2.05, 4.69) is 11.2 Å². The maximum Gasteiger partial charge on any atom is 0.409 e. The Kier molecular flexibility index (Phi) is 5.72. The van der Waals surface area contributed by atoms with E-state index < -0.39 is 11.9 Å². The minimum absolute atomic E-state index is 0.289. The number of hydrogen-bond donors (Lipinski definition) is 0. The van der Waals surface area contributed by atoms with Gasteiger partial charge in [0.2, 0.25) is 0 Å². The molecule has 0 aliphatic carbocycles. The monoisotopic (exact) mass is 372 g/mol. The molecule has 8 heteroatoms. The van der Waals surface area contributed by atoms with Crippen LogP contribution in [0.5, 0.6) is 0 Å². The highest BCUT2D eigenvalue weighted by Crippen LogP contribution is 2.28. The molecule has 1 amide bonds. The molecule has 1 aromatic heterocycles. The molecule has 1 atom stereocenters. The molecule has 1 saturated heterocycles. The Balaban J connectivity index is 1.73. The molecule has 0 radical (unpaired) electrons. The van der Waals surface area contributed by atoms with Gasteiger partial charge >= 0.3 is 6.09 Å². The van der Waals surface area contributed by atoms with Gasteiger partial charge in [0.1, 0.15) is 17.6 Å². The van der Waals surface area contributed by atoms with E-state index in [1.807, 2.05) is 11.8 Å². The third kappa shape index (κ3) is 4.09. The quantitative estimate of drug-likeness (QED) is 0.820. The van der Waals surface area contributed by atoms with Crippen LogP contribution in [0.2, 0.25) is 0 Å². The second-order valence-corrected chi connectivity index (χ2v) is 6.35. The van der Waals surface area contributed by atoms with Crippen molar-refractivity contribution in [3.63, 3.8) is 0 Å². The Morgan fingerprint density at radius 1 is 1.37 bits per heavy atom. The van der Waals surface area contributed by atoms with Crippen LogP contribution in [-0.2, 0) is 4.74 Å². The van der Waals surface area contributed by atoms with Crippen molar-refractivity contribution >= 4 is 6.09 Å². The highest BCUT2D eigenvalue weighted by Gasteiger charge is 2.29. The van der Waals surface area contributed by atoms with Crippen molar-refractivity contribution in [2.24, 2.45) is 0 Å². The van der Waals surface area contributed by atoms with E-state index in [1.165, 1.54) is 6.07 Å². The lowest BCUT2D eigenvalue weighted by atomic mass is 10.1. The van der Waals surface area contributed by atoms with E-state index in [0.29, 0.717) is 44.0 Å². The molecular formula is C19H21FN4O3. The number of piperazine rings is 1. The molecular weight excluding hydrogens is 351 g/mol. The fourth-order valence-electron chi connectivity index (χ4n) is 3.08. The van der Waals surface area contributed by atoms with Gasteiger partial charge in [-0.15, -0.1) is 0 Å². The van der Waals surface area contributed by atoms with Crippen LogP contribution in [0.3, 0.4) is 0 Å². The van der Waals surface area contributed by atoms with Crippen LogP contribution < -0.4 is 0 Å². The number of aryl methyl sites for hydroxylation is 1. The van der Waals surface area contributed by atoms with Crippen LogP contribution in [0.4, 0.5) is 9.18 Å². The fourth-order valence-corrected chi connectivity index (χ4v) is 3.08. The molecule has 7 nitrogen and oxygen atoms in total. The first-order chi connectivity index (χ1) is 13.0. The summed E-state index contributed by atoms with van der Waals surface area (Å²) in [7, 11) is 0. The zero-order chi connectivity index (χ0) is 19.4. The maximum absolute atomic E-state index is 14.1. The topological polar surface area (TPSA) is 82.6 Å². The van der Waals surface area contributed by atoms with Crippen LogP contribution in [0.15, 0.2) is 28.8 Å². The lowest BCUT2D eigenvalue weighted by molar-refractivity contribution is 0.0724. The minimum atomic E-state index is -0.625. The van der Waals surface area contributed by atoms with Crippen molar-refractivity contribution in [2.45, 2.75) is 19.9 Å². The Hall–Kier alpha value is -2.92. The molecule has 0 bridgehead atoms. The van der Waals surface area contributed by atoms with Crippen molar-refractivity contribution in [1.29, 1.82) is 5.26 Å². The Morgan fingerprint density at radius 3 is 2.78 bits per heavy atom. The second kappa shape index (κ2) is 8.18. The van der Waals surface area contributed by atoms with E-state index in [-0.39, 0.29) is 11.9 Å². The molecule has 27 heavy (non-hydrogen) atoms. The third-order valence-electron chi connectivity index (χ3n) is 4.52. The molecule has 0 unspecified atom stereocenters. The van der Waals surface area contributed by atoms with Gasteiger partial charge in [0.15, 0.2) is 5.76 Å². The number of aromatic nitrogens is 1. The number of rotatable bonds is 4. The molecule has 1 fully saturated rings. The van der Waals surface area contributed by atoms with Gasteiger partial charge in [-0.3, -0.25) is 4.90 Å². The molecule has 0 spiro atoms. The summed E-state index contributed by atoms with van der Waals surface area (Å²) in [5.41, 5.74) is 1.65. The Morgan fingerprint density at radius 2 is 2.11 bits per heavy atom. The first kappa shape index (κ1) is 18.9. The number of nitriles is 1. The molecule has 3 rings (SSSR count). The van der Waals surface area contributed by atoms with E-state index in [1.54, 1.807) is 30.0 Å². The largest absolute Gasteiger partial charge is 0.450 e. The molecule has 1 aliphatic rings. The van der Waals surface area contributed by atoms with Gasteiger partial charge in [-0.05, 0) is 26.0 Å². The van der Waals surface area contributed by atoms with Crippen LogP contribution in [-0.4, -0.2) is 53.8 Å². The first-order valence-electron chi connectivity index (χ1n) is 8.82. The minimum Gasteiger partial charge on any atom is -0.450 e. The smallest absolute Gasteiger partial charge is 0.409 e. The standard InChI is InChI=1S/C19H21FN4O3/c1-3-26-19(25)24-8-6-23(7-9-24)17(12-21)16-11-18(27-22-16)14-10-13(2)4-5-15(14)20/h4-5,10-11,17H,3,6-9H2,1-2H3/t17-/m1/s1. The summed E-state index contributed by atoms with van der Waals surface area (Å²) in [5, 5.41) is 13.6. The van der Waals surface area contributed by atoms with Crippen molar-refractivity contribution in [2.75, 3.05) is 32.8 Å². The van der Waals surface area contributed by atoms with Gasteiger partial charge in [-0.1, -0.05) is 16.8 Å². The summed E-state index contributed by atoms with van der Waals surface area (Å²) < 4.78 is 24.4. The van der Waals surface area contributed by atoms with Gasteiger partial charge in [0, 0.05) is 32.2 Å². The predicted octanol–water partition coefficient (Wildman–Crippen LogP) is 3.13. The maximum atomic E-state index is 14.1. The molecule has 142 valence electrons. The first-order valence-corrected chi connectivity index (χ1v) is 8.82. The Labute approximate surface area is 156 Å². The van der Waals surface area contributed by atoms with Crippen LogP contribution in [0.1, 0.15) is 24.2 Å². The van der Waals surface area contributed by atoms with E-state index in [0.717, 1.165) is 5.56 Å². The number of nitrogens with zero attached hydrogens (tertiary/aromatic N) is 4. The number of benzene rings is 1. The van der Waals surface area contributed by atoms with Gasteiger partial charge in [-0.25, -0.2) is 9.18 Å². The Bertz CT molecular complexity index is 853. The summed E-state index contributed by atoms with van der Waals surface area (Å²) in [4.78, 5) is 15.3. The van der Waals surface area contributed by atoms with Crippen LogP contribution in [0, 0.1) is 24.1 Å². The fraction of sp³-hybridized carbons (Fsp3) is 0.421. The number of amides is 1. The molecule has 2 heterocycles. The highest BCUT2D eigenvalue weighted by atomic mass is 19.1. The van der Waals surface area contributed by atoms with Crippen LogP contribution >= 0.6 is 0 Å². The summed E-state index contributed by atoms with van der Waals surface area (Å²) >= 11 is 0. The zero-order valence-electron chi connectivity index (χ0n) is 15.3. The van der Waals surface area contributed by atoms with Crippen molar-refractivity contribution in [1.82, 2.24) is 15.0 Å². The number of carbonyl (C=O) groups is 1. The van der Waals surface area contributed by atoms with Gasteiger partial charge in [0.05, 0.1) is 18.2 Å². The lowest BCUT2D eigenvalue weighted by Crippen LogP contribution is -2.49. The summed E-state index contributed by atoms with van der Waals surface area (Å²) in [5.74, 6) is -0.114. The summed E-state index contributed by atoms with van der Waals surface area (Å²) in [6.07, 6.45) is -0.343. The number of ether oxygens (including phenoxy) is 1. The third-order valence-corrected chi connectivity index (χ3v) is 4.52. The SMILES string of the molecule is CCOC(=O)N1CCN([C@H](C#N)c2cc(-c3cc(C)ccc3F)on2)CC1. The predicted molar refractivity (Wildman–Crippen MR) is 95.2 cm³/mol.